The average Bonchev–Trinajstić information content (AvgIpc) is 2.45. The number of amides is 1. The lowest BCUT2D eigenvalue weighted by atomic mass is 10.0. The van der Waals surface area contributed by atoms with Crippen LogP contribution in [0.1, 0.15) is 26.7 Å². The first-order chi connectivity index (χ1) is 6.96. The lowest BCUT2D eigenvalue weighted by Gasteiger charge is -2.40. The van der Waals surface area contributed by atoms with Crippen LogP contribution in [0.2, 0.25) is 0 Å². The Morgan fingerprint density at radius 3 is 2.75 bits per heavy atom. The van der Waals surface area contributed by atoms with Gasteiger partial charge in [0.05, 0.1) is 0 Å². The van der Waals surface area contributed by atoms with E-state index in [4.69, 9.17) is 5.73 Å². The Hall–Kier alpha value is -0.320. The van der Waals surface area contributed by atoms with Crippen molar-refractivity contribution < 1.29 is 4.79 Å². The molecule has 0 aliphatic carbocycles. The summed E-state index contributed by atoms with van der Waals surface area (Å²) in [6.45, 7) is 7.90. The zero-order chi connectivity index (χ0) is 11.1. The van der Waals surface area contributed by atoms with E-state index in [1.807, 2.05) is 4.90 Å². The molecule has 2 rings (SSSR count). The summed E-state index contributed by atoms with van der Waals surface area (Å²) in [7, 11) is 0. The van der Waals surface area contributed by atoms with Crippen LogP contribution in [0.4, 0.5) is 0 Å². The molecule has 0 aromatic carbocycles. The quantitative estimate of drug-likeness (QED) is 0.771. The number of halogens is 1. The Kier molecular flexibility index (Phi) is 4.21. The minimum atomic E-state index is -0.134. The van der Waals surface area contributed by atoms with Crippen LogP contribution in [0, 0.1) is 0 Å². The molecule has 0 aromatic rings. The van der Waals surface area contributed by atoms with Crippen LogP contribution in [-0.2, 0) is 4.79 Å². The topological polar surface area (TPSA) is 49.6 Å². The second-order valence-corrected chi connectivity index (χ2v) is 5.50. The molecule has 2 aliphatic heterocycles. The highest BCUT2D eigenvalue weighted by molar-refractivity contribution is 5.85. The number of piperazine rings is 1. The van der Waals surface area contributed by atoms with Crippen molar-refractivity contribution in [3.63, 3.8) is 0 Å². The lowest BCUT2D eigenvalue weighted by molar-refractivity contribution is -0.130. The average molecular weight is 248 g/mol. The number of hydrogen-bond donors (Lipinski definition) is 1. The van der Waals surface area contributed by atoms with Gasteiger partial charge >= 0.3 is 0 Å². The zero-order valence-corrected chi connectivity index (χ0v) is 10.9. The summed E-state index contributed by atoms with van der Waals surface area (Å²) >= 11 is 0. The maximum Gasteiger partial charge on any atom is 0.222 e. The van der Waals surface area contributed by atoms with Crippen molar-refractivity contribution in [3.8, 4) is 0 Å². The van der Waals surface area contributed by atoms with Gasteiger partial charge in [-0.3, -0.25) is 9.69 Å². The molecule has 2 heterocycles. The first-order valence-corrected chi connectivity index (χ1v) is 5.76. The Balaban J connectivity index is 0.00000128. The molecule has 16 heavy (non-hydrogen) atoms. The largest absolute Gasteiger partial charge is 0.337 e. The maximum absolute atomic E-state index is 11.5. The molecule has 2 saturated heterocycles. The van der Waals surface area contributed by atoms with Gasteiger partial charge in [0.25, 0.3) is 0 Å². The summed E-state index contributed by atoms with van der Waals surface area (Å²) in [5.41, 5.74) is 5.87. The molecule has 2 aliphatic rings. The van der Waals surface area contributed by atoms with E-state index in [1.165, 1.54) is 0 Å². The van der Waals surface area contributed by atoms with Crippen LogP contribution in [0.15, 0.2) is 0 Å². The smallest absolute Gasteiger partial charge is 0.222 e. The van der Waals surface area contributed by atoms with E-state index < -0.39 is 0 Å². The molecule has 0 aromatic heterocycles. The van der Waals surface area contributed by atoms with Crippen LogP contribution in [0.5, 0.6) is 0 Å². The second-order valence-electron chi connectivity index (χ2n) is 5.50. The molecule has 94 valence electrons. The van der Waals surface area contributed by atoms with E-state index in [1.54, 1.807) is 0 Å². The Labute approximate surface area is 104 Å². The van der Waals surface area contributed by atoms with Gasteiger partial charge in [-0.25, -0.2) is 0 Å². The molecule has 1 atom stereocenters. The fraction of sp³-hybridized carbons (Fsp3) is 0.909. The summed E-state index contributed by atoms with van der Waals surface area (Å²) < 4.78 is 0. The molecule has 2 N–H and O–H groups in total. The highest BCUT2D eigenvalue weighted by Gasteiger charge is 2.36. The fourth-order valence-corrected chi connectivity index (χ4v) is 2.65. The highest BCUT2D eigenvalue weighted by Crippen LogP contribution is 2.23. The maximum atomic E-state index is 11.5. The third-order valence-corrected chi connectivity index (χ3v) is 3.21. The minimum Gasteiger partial charge on any atom is -0.337 e. The Morgan fingerprint density at radius 2 is 2.12 bits per heavy atom. The summed E-state index contributed by atoms with van der Waals surface area (Å²) in [6, 6.07) is 0.452. The molecule has 0 bridgehead atoms. The fourth-order valence-electron chi connectivity index (χ4n) is 2.65. The van der Waals surface area contributed by atoms with Gasteiger partial charge in [-0.2, -0.15) is 0 Å². The number of carbonyl (C=O) groups is 1. The van der Waals surface area contributed by atoms with E-state index in [2.05, 4.69) is 18.7 Å². The molecule has 0 spiro atoms. The first-order valence-electron chi connectivity index (χ1n) is 5.76. The van der Waals surface area contributed by atoms with E-state index in [0.29, 0.717) is 11.9 Å². The predicted octanol–water partition coefficient (Wildman–Crippen LogP) is 0.452. The van der Waals surface area contributed by atoms with E-state index in [0.717, 1.165) is 39.0 Å². The standard InChI is InChI=1S/C11H21N3O.ClH/c1-11(2,12)8-13-5-6-14-9(7-13)3-4-10(14)15;/h9H,3-8,12H2,1-2H3;1H. The summed E-state index contributed by atoms with van der Waals surface area (Å²) in [5.74, 6) is 0.339. The van der Waals surface area contributed by atoms with Crippen molar-refractivity contribution >= 4 is 18.3 Å². The van der Waals surface area contributed by atoms with Crippen LogP contribution in [0.25, 0.3) is 0 Å². The molecule has 5 heteroatoms. The van der Waals surface area contributed by atoms with Crippen molar-refractivity contribution in [1.82, 2.24) is 9.80 Å². The van der Waals surface area contributed by atoms with Gasteiger partial charge in [0.2, 0.25) is 5.91 Å². The van der Waals surface area contributed by atoms with Crippen molar-refractivity contribution in [1.29, 1.82) is 0 Å². The number of fused-ring (bicyclic) bond motifs is 1. The molecule has 0 radical (unpaired) electrons. The third-order valence-electron chi connectivity index (χ3n) is 3.21. The Bertz CT molecular complexity index is 264. The molecular weight excluding hydrogens is 226 g/mol. The first kappa shape index (κ1) is 13.7. The number of hydrogen-bond acceptors (Lipinski definition) is 3. The van der Waals surface area contributed by atoms with Crippen molar-refractivity contribution in [2.75, 3.05) is 26.2 Å². The lowest BCUT2D eigenvalue weighted by Crippen LogP contribution is -2.56. The highest BCUT2D eigenvalue weighted by atomic mass is 35.5. The molecular formula is C11H22ClN3O. The van der Waals surface area contributed by atoms with E-state index in [9.17, 15) is 4.79 Å². The van der Waals surface area contributed by atoms with Crippen molar-refractivity contribution in [3.05, 3.63) is 0 Å². The van der Waals surface area contributed by atoms with Gasteiger partial charge in [-0.1, -0.05) is 0 Å². The van der Waals surface area contributed by atoms with Gasteiger partial charge < -0.3 is 10.6 Å². The summed E-state index contributed by atoms with van der Waals surface area (Å²) in [6.07, 6.45) is 1.77. The molecule has 4 nitrogen and oxygen atoms in total. The molecule has 1 amide bonds. The molecule has 0 saturated carbocycles. The Morgan fingerprint density at radius 1 is 1.44 bits per heavy atom. The van der Waals surface area contributed by atoms with Gasteiger partial charge in [0.15, 0.2) is 0 Å². The van der Waals surface area contributed by atoms with E-state index in [-0.39, 0.29) is 17.9 Å². The van der Waals surface area contributed by atoms with Crippen molar-refractivity contribution in [2.45, 2.75) is 38.3 Å². The van der Waals surface area contributed by atoms with Crippen LogP contribution in [-0.4, -0.2) is 53.5 Å². The normalized spacial score (nSPS) is 26.6. The molecule has 1 unspecified atom stereocenters. The monoisotopic (exact) mass is 247 g/mol. The number of nitrogens with two attached hydrogens (primary N) is 1. The van der Waals surface area contributed by atoms with Gasteiger partial charge in [-0.05, 0) is 20.3 Å². The minimum absolute atomic E-state index is 0. The van der Waals surface area contributed by atoms with Gasteiger partial charge in [0.1, 0.15) is 0 Å². The van der Waals surface area contributed by atoms with Crippen molar-refractivity contribution in [2.24, 2.45) is 5.73 Å². The van der Waals surface area contributed by atoms with Crippen LogP contribution in [0.3, 0.4) is 0 Å². The van der Waals surface area contributed by atoms with Crippen LogP contribution < -0.4 is 5.73 Å². The number of rotatable bonds is 2. The summed E-state index contributed by atoms with van der Waals surface area (Å²) in [4.78, 5) is 15.9. The molecule has 2 fully saturated rings. The van der Waals surface area contributed by atoms with Gasteiger partial charge in [-0.15, -0.1) is 12.4 Å². The van der Waals surface area contributed by atoms with Gasteiger partial charge in [0, 0.05) is 44.2 Å². The van der Waals surface area contributed by atoms with E-state index >= 15 is 0 Å². The van der Waals surface area contributed by atoms with Crippen LogP contribution >= 0.6 is 12.4 Å². The zero-order valence-electron chi connectivity index (χ0n) is 10.1. The summed E-state index contributed by atoms with van der Waals surface area (Å²) in [5, 5.41) is 0. The second kappa shape index (κ2) is 4.90. The third kappa shape index (κ3) is 3.09. The SMILES string of the molecule is CC(C)(N)CN1CCN2C(=O)CCC2C1.Cl. The number of carbonyl (C=O) groups excluding carboxylic acids is 1. The predicted molar refractivity (Wildman–Crippen MR) is 66.7 cm³/mol. The number of nitrogens with zero attached hydrogens (tertiary/aromatic N) is 2.